The number of phenols is 1. The number of benzene rings is 1. The summed E-state index contributed by atoms with van der Waals surface area (Å²) >= 11 is 3.24. The highest BCUT2D eigenvalue weighted by Crippen LogP contribution is 2.28. The van der Waals surface area contributed by atoms with Crippen LogP contribution in [0.3, 0.4) is 0 Å². The van der Waals surface area contributed by atoms with E-state index in [1.807, 2.05) is 19.1 Å². The molecular formula is C9H11BrO2. The zero-order valence-electron chi connectivity index (χ0n) is 6.84. The van der Waals surface area contributed by atoms with Crippen LogP contribution < -0.4 is 0 Å². The Balaban J connectivity index is 3.04. The van der Waals surface area contributed by atoms with Crippen molar-refractivity contribution in [3.63, 3.8) is 0 Å². The minimum absolute atomic E-state index is 0.136. The van der Waals surface area contributed by atoms with Crippen LogP contribution in [0.5, 0.6) is 5.75 Å². The molecule has 0 spiro atoms. The lowest BCUT2D eigenvalue weighted by Gasteiger charge is -2.04. The summed E-state index contributed by atoms with van der Waals surface area (Å²) in [6.45, 7) is 1.97. The van der Waals surface area contributed by atoms with Crippen molar-refractivity contribution in [1.29, 1.82) is 0 Å². The molecule has 0 fully saturated rings. The molecule has 0 amide bonds. The van der Waals surface area contributed by atoms with Crippen molar-refractivity contribution in [3.05, 3.63) is 27.7 Å². The minimum Gasteiger partial charge on any atom is -0.506 e. The largest absolute Gasteiger partial charge is 0.506 e. The molecule has 2 N–H and O–H groups in total. The second kappa shape index (κ2) is 3.92. The number of aromatic hydroxyl groups is 1. The summed E-state index contributed by atoms with van der Waals surface area (Å²) in [6.07, 6.45) is 0.625. The molecule has 0 aliphatic carbocycles. The first-order valence-corrected chi connectivity index (χ1v) is 4.53. The number of halogens is 1. The zero-order valence-corrected chi connectivity index (χ0v) is 8.43. The fourth-order valence-electron chi connectivity index (χ4n) is 1.08. The molecule has 2 nitrogen and oxygen atoms in total. The number of hydrogen-bond acceptors (Lipinski definition) is 2. The van der Waals surface area contributed by atoms with Crippen LogP contribution in [-0.4, -0.2) is 16.8 Å². The number of aliphatic hydroxyl groups excluding tert-OH is 1. The number of phenolic OH excluding ortho intramolecular Hbond substituents is 1. The first-order valence-electron chi connectivity index (χ1n) is 3.74. The van der Waals surface area contributed by atoms with Gasteiger partial charge in [-0.1, -0.05) is 6.07 Å². The SMILES string of the molecule is Cc1cc(CCO)cc(Br)c1O. The quantitative estimate of drug-likeness (QED) is 0.817. The molecule has 0 saturated carbocycles. The predicted molar refractivity (Wildman–Crippen MR) is 51.3 cm³/mol. The Kier molecular flexibility index (Phi) is 3.12. The van der Waals surface area contributed by atoms with Crippen molar-refractivity contribution in [2.75, 3.05) is 6.61 Å². The zero-order chi connectivity index (χ0) is 9.14. The fourth-order valence-corrected chi connectivity index (χ4v) is 1.69. The Morgan fingerprint density at radius 3 is 2.58 bits per heavy atom. The van der Waals surface area contributed by atoms with E-state index < -0.39 is 0 Å². The van der Waals surface area contributed by atoms with Gasteiger partial charge in [0.1, 0.15) is 5.75 Å². The lowest BCUT2D eigenvalue weighted by Crippen LogP contribution is -1.91. The van der Waals surface area contributed by atoms with Crippen LogP contribution in [0.1, 0.15) is 11.1 Å². The van der Waals surface area contributed by atoms with Gasteiger partial charge in [0.25, 0.3) is 0 Å². The Bertz CT molecular complexity index is 261. The Hall–Kier alpha value is -0.540. The van der Waals surface area contributed by atoms with Crippen LogP contribution in [0.25, 0.3) is 0 Å². The first kappa shape index (κ1) is 9.55. The standard InChI is InChI=1S/C9H11BrO2/c1-6-4-7(2-3-11)5-8(10)9(6)12/h4-5,11-12H,2-3H2,1H3. The van der Waals surface area contributed by atoms with Gasteiger partial charge in [0.05, 0.1) is 4.47 Å². The monoisotopic (exact) mass is 230 g/mol. The highest BCUT2D eigenvalue weighted by molar-refractivity contribution is 9.10. The second-order valence-corrected chi connectivity index (χ2v) is 3.57. The van der Waals surface area contributed by atoms with Crippen LogP contribution in [0.2, 0.25) is 0 Å². The van der Waals surface area contributed by atoms with Gasteiger partial charge in [0, 0.05) is 6.61 Å². The minimum atomic E-state index is 0.136. The normalized spacial score (nSPS) is 10.2. The number of rotatable bonds is 2. The molecule has 3 heteroatoms. The predicted octanol–water partition coefficient (Wildman–Crippen LogP) is 2.00. The van der Waals surface area contributed by atoms with Crippen molar-refractivity contribution >= 4 is 15.9 Å². The number of hydrogen-bond donors (Lipinski definition) is 2. The molecule has 1 rings (SSSR count). The third kappa shape index (κ3) is 1.99. The maximum absolute atomic E-state index is 9.39. The third-order valence-corrected chi connectivity index (χ3v) is 2.32. The van der Waals surface area contributed by atoms with E-state index in [9.17, 15) is 5.11 Å². The van der Waals surface area contributed by atoms with Gasteiger partial charge in [-0.05, 0) is 46.5 Å². The second-order valence-electron chi connectivity index (χ2n) is 2.72. The van der Waals surface area contributed by atoms with Crippen molar-refractivity contribution in [1.82, 2.24) is 0 Å². The molecule has 0 aliphatic heterocycles. The van der Waals surface area contributed by atoms with Gasteiger partial charge in [0.2, 0.25) is 0 Å². The maximum atomic E-state index is 9.39. The van der Waals surface area contributed by atoms with E-state index in [-0.39, 0.29) is 12.4 Å². The molecule has 0 unspecified atom stereocenters. The molecule has 1 aromatic rings. The van der Waals surface area contributed by atoms with Crippen molar-refractivity contribution in [3.8, 4) is 5.75 Å². The topological polar surface area (TPSA) is 40.5 Å². The van der Waals surface area contributed by atoms with Gasteiger partial charge in [0.15, 0.2) is 0 Å². The summed E-state index contributed by atoms with van der Waals surface area (Å²) in [5, 5.41) is 18.1. The average molecular weight is 231 g/mol. The molecule has 12 heavy (non-hydrogen) atoms. The summed E-state index contributed by atoms with van der Waals surface area (Å²) < 4.78 is 0.686. The van der Waals surface area contributed by atoms with Crippen molar-refractivity contribution < 1.29 is 10.2 Å². The van der Waals surface area contributed by atoms with E-state index in [0.29, 0.717) is 10.9 Å². The Labute approximate surface area is 80.0 Å². The molecule has 0 atom stereocenters. The van der Waals surface area contributed by atoms with E-state index >= 15 is 0 Å². The summed E-state index contributed by atoms with van der Waals surface area (Å²) in [7, 11) is 0. The van der Waals surface area contributed by atoms with Crippen LogP contribution in [0.15, 0.2) is 16.6 Å². The first-order chi connectivity index (χ1) is 5.65. The Morgan fingerprint density at radius 2 is 2.08 bits per heavy atom. The molecular weight excluding hydrogens is 220 g/mol. The van der Waals surface area contributed by atoms with E-state index in [1.54, 1.807) is 0 Å². The molecule has 0 aliphatic rings. The molecule has 66 valence electrons. The summed E-state index contributed by atoms with van der Waals surface area (Å²) in [6, 6.07) is 3.69. The molecule has 0 bridgehead atoms. The van der Waals surface area contributed by atoms with Crippen molar-refractivity contribution in [2.24, 2.45) is 0 Å². The number of aryl methyl sites for hydroxylation is 1. The van der Waals surface area contributed by atoms with E-state index in [1.165, 1.54) is 0 Å². The lowest BCUT2D eigenvalue weighted by atomic mass is 10.1. The van der Waals surface area contributed by atoms with Gasteiger partial charge < -0.3 is 10.2 Å². The van der Waals surface area contributed by atoms with Gasteiger partial charge in [-0.25, -0.2) is 0 Å². The molecule has 0 radical (unpaired) electrons. The lowest BCUT2D eigenvalue weighted by molar-refractivity contribution is 0.299. The maximum Gasteiger partial charge on any atom is 0.132 e. The highest BCUT2D eigenvalue weighted by atomic mass is 79.9. The molecule has 0 saturated heterocycles. The average Bonchev–Trinajstić information content (AvgIpc) is 2.01. The van der Waals surface area contributed by atoms with Gasteiger partial charge in [-0.3, -0.25) is 0 Å². The van der Waals surface area contributed by atoms with Crippen LogP contribution >= 0.6 is 15.9 Å². The van der Waals surface area contributed by atoms with E-state index in [2.05, 4.69) is 15.9 Å². The third-order valence-electron chi connectivity index (χ3n) is 1.71. The van der Waals surface area contributed by atoms with E-state index in [4.69, 9.17) is 5.11 Å². The highest BCUT2D eigenvalue weighted by Gasteiger charge is 2.03. The summed E-state index contributed by atoms with van der Waals surface area (Å²) in [5.41, 5.74) is 1.85. The summed E-state index contributed by atoms with van der Waals surface area (Å²) in [4.78, 5) is 0. The van der Waals surface area contributed by atoms with Crippen LogP contribution in [-0.2, 0) is 6.42 Å². The van der Waals surface area contributed by atoms with Gasteiger partial charge in [-0.15, -0.1) is 0 Å². The number of aliphatic hydroxyl groups is 1. The van der Waals surface area contributed by atoms with Crippen LogP contribution in [0, 0.1) is 6.92 Å². The molecule has 1 aromatic carbocycles. The van der Waals surface area contributed by atoms with Crippen LogP contribution in [0.4, 0.5) is 0 Å². The van der Waals surface area contributed by atoms with E-state index in [0.717, 1.165) is 11.1 Å². The smallest absolute Gasteiger partial charge is 0.132 e. The molecule has 0 aromatic heterocycles. The summed E-state index contributed by atoms with van der Waals surface area (Å²) in [5.74, 6) is 0.275. The molecule has 0 heterocycles. The van der Waals surface area contributed by atoms with Gasteiger partial charge >= 0.3 is 0 Å². The Morgan fingerprint density at radius 1 is 1.42 bits per heavy atom. The van der Waals surface area contributed by atoms with Gasteiger partial charge in [-0.2, -0.15) is 0 Å². The fraction of sp³-hybridized carbons (Fsp3) is 0.333. The van der Waals surface area contributed by atoms with Crippen molar-refractivity contribution in [2.45, 2.75) is 13.3 Å².